The third-order valence-corrected chi connectivity index (χ3v) is 4.95. The summed E-state index contributed by atoms with van der Waals surface area (Å²) in [6.07, 6.45) is 11.6. The van der Waals surface area contributed by atoms with Crippen molar-refractivity contribution in [1.82, 2.24) is 4.98 Å². The van der Waals surface area contributed by atoms with Gasteiger partial charge in [0, 0.05) is 28.9 Å². The van der Waals surface area contributed by atoms with Gasteiger partial charge in [-0.15, -0.1) is 24.2 Å². The Kier molecular flexibility index (Phi) is 7.70. The van der Waals surface area contributed by atoms with E-state index in [0.29, 0.717) is 6.42 Å². The van der Waals surface area contributed by atoms with Crippen LogP contribution >= 0.6 is 24.0 Å². The van der Waals surface area contributed by atoms with Gasteiger partial charge >= 0.3 is 0 Å². The second kappa shape index (κ2) is 9.02. The zero-order chi connectivity index (χ0) is 16.7. The normalized spacial score (nSPS) is 22.2. The molecule has 0 amide bonds. The summed E-state index contributed by atoms with van der Waals surface area (Å²) in [5.41, 5.74) is 3.79. The molecule has 1 unspecified atom stereocenters. The molecule has 3 rings (SSSR count). The van der Waals surface area contributed by atoms with Gasteiger partial charge in [0.25, 0.3) is 0 Å². The largest absolute Gasteiger partial charge is 0.341 e. The number of terminal acetylenes is 1. The molecule has 0 radical (unpaired) electrons. The van der Waals surface area contributed by atoms with Crippen LogP contribution in [0.2, 0.25) is 0 Å². The summed E-state index contributed by atoms with van der Waals surface area (Å²) in [4.78, 5) is 17.7. The minimum Gasteiger partial charge on any atom is -0.341 e. The van der Waals surface area contributed by atoms with Crippen molar-refractivity contribution in [2.75, 3.05) is 5.32 Å². The van der Waals surface area contributed by atoms with Crippen LogP contribution in [-0.4, -0.2) is 16.0 Å². The number of Topliss-reactive ketones (excluding diaryl/α,β-unsaturated/α-hetero) is 1. The maximum atomic E-state index is 12.1. The molecular formula is C17H24N2OS2. The zero-order valence-corrected chi connectivity index (χ0v) is 15.1. The number of fused-ring (bicyclic) bond motifs is 1. The molecule has 1 aromatic heterocycles. The first-order chi connectivity index (χ1) is 10.6. The summed E-state index contributed by atoms with van der Waals surface area (Å²) >= 11 is 6.21. The predicted octanol–water partition coefficient (Wildman–Crippen LogP) is 4.64. The Labute approximate surface area is 143 Å². The number of nitrogens with one attached hydrogen (secondary N) is 1. The number of rotatable bonds is 1. The zero-order valence-electron chi connectivity index (χ0n) is 13.4. The molecule has 3 nitrogen and oxygen atoms in total. The van der Waals surface area contributed by atoms with E-state index in [1.807, 2.05) is 5.51 Å². The highest BCUT2D eigenvalue weighted by atomic mass is 32.1. The van der Waals surface area contributed by atoms with Crippen LogP contribution in [0.5, 0.6) is 0 Å². The molecule has 1 aromatic rings. The Balaban J connectivity index is 0.000000435. The van der Waals surface area contributed by atoms with E-state index in [9.17, 15) is 4.79 Å². The summed E-state index contributed by atoms with van der Waals surface area (Å²) in [6, 6.07) is 0. The lowest BCUT2D eigenvalue weighted by molar-refractivity contribution is -0.116. The van der Waals surface area contributed by atoms with Gasteiger partial charge < -0.3 is 5.32 Å². The Morgan fingerprint density at radius 1 is 1.41 bits per heavy atom. The van der Waals surface area contributed by atoms with Crippen molar-refractivity contribution in [2.45, 2.75) is 57.6 Å². The van der Waals surface area contributed by atoms with Crippen molar-refractivity contribution in [3.05, 3.63) is 21.7 Å². The highest BCUT2D eigenvalue weighted by Crippen LogP contribution is 2.45. The van der Waals surface area contributed by atoms with E-state index in [2.05, 4.69) is 56.5 Å². The molecule has 1 aliphatic carbocycles. The summed E-state index contributed by atoms with van der Waals surface area (Å²) in [6.45, 7) is 6.37. The van der Waals surface area contributed by atoms with Gasteiger partial charge in [0.1, 0.15) is 5.82 Å². The van der Waals surface area contributed by atoms with E-state index in [1.165, 1.54) is 11.3 Å². The fraction of sp³-hybridized carbons (Fsp3) is 0.529. The lowest BCUT2D eigenvalue weighted by atomic mass is 9.81. The summed E-state index contributed by atoms with van der Waals surface area (Å²) in [5.74, 6) is 1.43. The highest BCUT2D eigenvalue weighted by molar-refractivity contribution is 7.81. The third kappa shape index (κ3) is 3.74. The van der Waals surface area contributed by atoms with Gasteiger partial charge in [-0.2, -0.15) is 12.6 Å². The first-order valence-electron chi connectivity index (χ1n) is 7.62. The Hall–Kier alpha value is -1.25. The second-order valence-electron chi connectivity index (χ2n) is 5.16. The SMILES string of the molecule is C#C.CCC.CC[C@@H]1C2=C(Nc3ncsc31)C(S)CCC2=O. The number of thiol groups is 1. The van der Waals surface area contributed by atoms with Crippen molar-refractivity contribution in [3.63, 3.8) is 0 Å². The molecule has 5 heteroatoms. The maximum absolute atomic E-state index is 12.1. The summed E-state index contributed by atoms with van der Waals surface area (Å²) in [7, 11) is 0. The molecule has 0 aromatic carbocycles. The number of nitrogens with zero attached hydrogens (tertiary/aromatic N) is 1. The molecule has 1 aliphatic heterocycles. The average molecular weight is 337 g/mol. The van der Waals surface area contributed by atoms with Gasteiger partial charge in [-0.1, -0.05) is 27.2 Å². The fourth-order valence-corrected chi connectivity index (χ4v) is 3.92. The highest BCUT2D eigenvalue weighted by Gasteiger charge is 2.37. The fourth-order valence-electron chi connectivity index (χ4n) is 2.65. The van der Waals surface area contributed by atoms with Crippen LogP contribution in [-0.2, 0) is 4.79 Å². The smallest absolute Gasteiger partial charge is 0.161 e. The van der Waals surface area contributed by atoms with Crippen LogP contribution in [0, 0.1) is 12.8 Å². The van der Waals surface area contributed by atoms with Crippen LogP contribution in [0.4, 0.5) is 5.82 Å². The topological polar surface area (TPSA) is 42.0 Å². The lowest BCUT2D eigenvalue weighted by Crippen LogP contribution is -2.31. The molecule has 2 atom stereocenters. The van der Waals surface area contributed by atoms with Gasteiger partial charge in [-0.05, 0) is 12.8 Å². The monoisotopic (exact) mass is 336 g/mol. The van der Waals surface area contributed by atoms with Crippen LogP contribution in [0.1, 0.15) is 57.2 Å². The number of carbonyl (C=O) groups excluding carboxylic acids is 1. The van der Waals surface area contributed by atoms with Crippen LogP contribution in [0.15, 0.2) is 16.8 Å². The van der Waals surface area contributed by atoms with Crippen molar-refractivity contribution >= 4 is 35.6 Å². The number of carbonyl (C=O) groups is 1. The van der Waals surface area contributed by atoms with E-state index in [1.54, 1.807) is 11.3 Å². The predicted molar refractivity (Wildman–Crippen MR) is 98.7 cm³/mol. The lowest BCUT2D eigenvalue weighted by Gasteiger charge is -2.33. The molecular weight excluding hydrogens is 312 g/mol. The minimum absolute atomic E-state index is 0.145. The van der Waals surface area contributed by atoms with Crippen LogP contribution in [0.25, 0.3) is 0 Å². The Morgan fingerprint density at radius 3 is 2.64 bits per heavy atom. The van der Waals surface area contributed by atoms with Gasteiger partial charge in [-0.25, -0.2) is 4.98 Å². The average Bonchev–Trinajstić information content (AvgIpc) is 3.00. The molecule has 0 spiro atoms. The first-order valence-corrected chi connectivity index (χ1v) is 9.02. The van der Waals surface area contributed by atoms with E-state index in [-0.39, 0.29) is 17.0 Å². The molecule has 1 N–H and O–H groups in total. The van der Waals surface area contributed by atoms with E-state index >= 15 is 0 Å². The molecule has 2 aliphatic rings. The number of aromatic nitrogens is 1. The van der Waals surface area contributed by atoms with Crippen molar-refractivity contribution in [3.8, 4) is 12.8 Å². The van der Waals surface area contributed by atoms with Gasteiger partial charge in [0.2, 0.25) is 0 Å². The van der Waals surface area contributed by atoms with Crippen molar-refractivity contribution in [1.29, 1.82) is 0 Å². The summed E-state index contributed by atoms with van der Waals surface area (Å²) in [5, 5.41) is 3.45. The van der Waals surface area contributed by atoms with Crippen LogP contribution < -0.4 is 5.32 Å². The molecule has 0 bridgehead atoms. The number of allylic oxidation sites excluding steroid dienone is 1. The number of thiazole rings is 1. The second-order valence-corrected chi connectivity index (χ2v) is 6.67. The molecule has 0 saturated heterocycles. The van der Waals surface area contributed by atoms with Crippen LogP contribution in [0.3, 0.4) is 0 Å². The van der Waals surface area contributed by atoms with E-state index < -0.39 is 0 Å². The van der Waals surface area contributed by atoms with E-state index in [4.69, 9.17) is 0 Å². The number of hydrogen-bond donors (Lipinski definition) is 2. The van der Waals surface area contributed by atoms with Gasteiger partial charge in [0.15, 0.2) is 5.78 Å². The molecule has 2 heterocycles. The van der Waals surface area contributed by atoms with Gasteiger partial charge in [0.05, 0.1) is 10.4 Å². The third-order valence-electron chi connectivity index (χ3n) is 3.49. The first kappa shape index (κ1) is 18.8. The standard InChI is InChI=1S/C12H14N2OS2.C3H8.C2H2/c1-2-6-9-7(15)3-4-8(16)10(9)14-12-11(6)17-5-13-12;1-3-2;1-2/h5-6,8,14,16H,2-4H2,1H3;3H2,1-2H3;1-2H/t6-,8?;;/m1../s1. The van der Waals surface area contributed by atoms with E-state index in [0.717, 1.165) is 29.9 Å². The molecule has 120 valence electrons. The number of ketones is 1. The molecule has 22 heavy (non-hydrogen) atoms. The number of anilines is 1. The summed E-state index contributed by atoms with van der Waals surface area (Å²) < 4.78 is 0. The quantitative estimate of drug-likeness (QED) is 0.580. The minimum atomic E-state index is 0.145. The molecule has 0 saturated carbocycles. The Morgan fingerprint density at radius 2 is 2.05 bits per heavy atom. The molecule has 0 fully saturated rings. The van der Waals surface area contributed by atoms with Crippen molar-refractivity contribution in [2.24, 2.45) is 0 Å². The maximum Gasteiger partial charge on any atom is 0.161 e. The van der Waals surface area contributed by atoms with Crippen molar-refractivity contribution < 1.29 is 4.79 Å². The Bertz CT molecular complexity index is 560. The number of hydrogen-bond acceptors (Lipinski definition) is 5. The van der Waals surface area contributed by atoms with Gasteiger partial charge in [-0.3, -0.25) is 4.79 Å².